The van der Waals surface area contributed by atoms with Gasteiger partial charge in [0.2, 0.25) is 5.91 Å². The van der Waals surface area contributed by atoms with Gasteiger partial charge in [-0.05, 0) is 70.8 Å². The third kappa shape index (κ3) is 8.07. The Morgan fingerprint density at radius 3 is 2.12 bits per heavy atom. The molecule has 3 amide bonds. The van der Waals surface area contributed by atoms with Gasteiger partial charge in [0.25, 0.3) is 5.91 Å². The minimum atomic E-state index is -0.525. The smallest absolute Gasteiger partial charge is 0.410 e. The van der Waals surface area contributed by atoms with Crippen molar-refractivity contribution in [1.29, 1.82) is 0 Å². The van der Waals surface area contributed by atoms with Crippen molar-refractivity contribution in [2.24, 2.45) is 5.92 Å². The van der Waals surface area contributed by atoms with Crippen molar-refractivity contribution in [3.8, 4) is 11.4 Å². The van der Waals surface area contributed by atoms with Crippen LogP contribution < -0.4 is 5.32 Å². The van der Waals surface area contributed by atoms with Crippen LogP contribution in [0.1, 0.15) is 94.5 Å². The van der Waals surface area contributed by atoms with Gasteiger partial charge in [-0.1, -0.05) is 43.5 Å². The first-order valence-corrected chi connectivity index (χ1v) is 15.6. The molecule has 0 radical (unpaired) electrons. The Hall–Kier alpha value is -3.49. The lowest BCUT2D eigenvalue weighted by Crippen LogP contribution is -2.50. The molecule has 226 valence electrons. The molecule has 0 bridgehead atoms. The number of carbonyl (C=O) groups is 3. The van der Waals surface area contributed by atoms with Crippen LogP contribution in [-0.2, 0) is 16.0 Å². The molecule has 42 heavy (non-hydrogen) atoms. The molecule has 9 nitrogen and oxygen atoms in total. The standard InChI is InChI=1S/C33H45N5O4/c1-33(2,3)42-32(41)37-17-15-28(16-18-37)38(27-13-14-27)31(40)26-21-35-30(36-22-26)25-11-9-23(10-12-25)19-29(39)34-20-24-7-5-4-6-8-24/h9-12,21-22,24,27-28H,4-8,13-20H2,1-3H3,(H,34,39). The normalized spacial score (nSPS) is 18.4. The summed E-state index contributed by atoms with van der Waals surface area (Å²) in [5.41, 5.74) is 1.74. The maximum Gasteiger partial charge on any atom is 0.410 e. The maximum absolute atomic E-state index is 13.6. The van der Waals surface area contributed by atoms with E-state index in [0.29, 0.717) is 36.8 Å². The third-order valence-corrected chi connectivity index (χ3v) is 8.47. The average Bonchev–Trinajstić information content (AvgIpc) is 3.82. The molecule has 3 aliphatic rings. The van der Waals surface area contributed by atoms with Gasteiger partial charge in [0.1, 0.15) is 5.60 Å². The molecule has 2 saturated carbocycles. The highest BCUT2D eigenvalue weighted by Crippen LogP contribution is 2.33. The summed E-state index contributed by atoms with van der Waals surface area (Å²) >= 11 is 0. The second-order valence-corrected chi connectivity index (χ2v) is 13.1. The van der Waals surface area contributed by atoms with Gasteiger partial charge in [0, 0.05) is 49.7 Å². The molecule has 1 aliphatic heterocycles. The van der Waals surface area contributed by atoms with Gasteiger partial charge in [0.15, 0.2) is 5.82 Å². The molecule has 5 rings (SSSR count). The van der Waals surface area contributed by atoms with Crippen LogP contribution >= 0.6 is 0 Å². The predicted molar refractivity (Wildman–Crippen MR) is 161 cm³/mol. The first-order chi connectivity index (χ1) is 20.2. The van der Waals surface area contributed by atoms with Crippen molar-refractivity contribution < 1.29 is 19.1 Å². The summed E-state index contributed by atoms with van der Waals surface area (Å²) in [5, 5.41) is 3.10. The average molecular weight is 576 g/mol. The van der Waals surface area contributed by atoms with E-state index in [0.717, 1.165) is 43.4 Å². The number of nitrogens with one attached hydrogen (secondary N) is 1. The van der Waals surface area contributed by atoms with Crippen LogP contribution in [0.4, 0.5) is 4.79 Å². The quantitative estimate of drug-likeness (QED) is 0.453. The number of ether oxygens (including phenoxy) is 1. The summed E-state index contributed by atoms with van der Waals surface area (Å²) in [6, 6.07) is 8.05. The molecule has 0 spiro atoms. The Balaban J connectivity index is 1.14. The Kier molecular flexibility index (Phi) is 9.43. The van der Waals surface area contributed by atoms with E-state index in [2.05, 4.69) is 15.3 Å². The van der Waals surface area contributed by atoms with Crippen molar-refractivity contribution in [1.82, 2.24) is 25.1 Å². The number of nitrogens with zero attached hydrogens (tertiary/aromatic N) is 4. The third-order valence-electron chi connectivity index (χ3n) is 8.47. The minimum Gasteiger partial charge on any atom is -0.444 e. The summed E-state index contributed by atoms with van der Waals surface area (Å²) in [5.74, 6) is 1.17. The number of hydrogen-bond donors (Lipinski definition) is 1. The van der Waals surface area contributed by atoms with Crippen LogP contribution in [0, 0.1) is 5.92 Å². The number of carbonyl (C=O) groups excluding carboxylic acids is 3. The summed E-state index contributed by atoms with van der Waals surface area (Å²) in [6.45, 7) is 7.53. The van der Waals surface area contributed by atoms with Gasteiger partial charge in [-0.3, -0.25) is 9.59 Å². The highest BCUT2D eigenvalue weighted by molar-refractivity contribution is 5.94. The predicted octanol–water partition coefficient (Wildman–Crippen LogP) is 5.39. The second kappa shape index (κ2) is 13.2. The van der Waals surface area contributed by atoms with Crippen molar-refractivity contribution in [2.45, 2.75) is 103 Å². The SMILES string of the molecule is CC(C)(C)OC(=O)N1CCC(N(C(=O)c2cnc(-c3ccc(CC(=O)NCC4CCCCC4)cc3)nc2)C2CC2)CC1. The van der Waals surface area contributed by atoms with E-state index >= 15 is 0 Å². The number of aromatic nitrogens is 2. The summed E-state index contributed by atoms with van der Waals surface area (Å²) in [6.07, 6.45) is 13.0. The van der Waals surface area contributed by atoms with Crippen LogP contribution in [0.2, 0.25) is 0 Å². The van der Waals surface area contributed by atoms with Crippen molar-refractivity contribution in [3.05, 3.63) is 47.8 Å². The number of piperidine rings is 1. The lowest BCUT2D eigenvalue weighted by molar-refractivity contribution is -0.120. The van der Waals surface area contributed by atoms with E-state index in [1.807, 2.05) is 49.9 Å². The Bertz CT molecular complexity index is 1220. The molecule has 3 fully saturated rings. The van der Waals surface area contributed by atoms with E-state index < -0.39 is 5.60 Å². The fourth-order valence-electron chi connectivity index (χ4n) is 6.04. The molecule has 2 heterocycles. The van der Waals surface area contributed by atoms with Crippen molar-refractivity contribution in [2.75, 3.05) is 19.6 Å². The van der Waals surface area contributed by atoms with Crippen LogP contribution in [0.25, 0.3) is 11.4 Å². The van der Waals surface area contributed by atoms with E-state index in [1.54, 1.807) is 17.3 Å². The number of benzene rings is 1. The van der Waals surface area contributed by atoms with Gasteiger partial charge < -0.3 is 19.9 Å². The molecular formula is C33H45N5O4. The molecule has 1 saturated heterocycles. The van der Waals surface area contributed by atoms with E-state index in [-0.39, 0.29) is 30.0 Å². The lowest BCUT2D eigenvalue weighted by atomic mass is 9.89. The van der Waals surface area contributed by atoms with Crippen LogP contribution in [0.15, 0.2) is 36.7 Å². The molecule has 2 aliphatic carbocycles. The molecule has 9 heteroatoms. The summed E-state index contributed by atoms with van der Waals surface area (Å²) in [4.78, 5) is 51.3. The first kappa shape index (κ1) is 30.0. The van der Waals surface area contributed by atoms with Crippen LogP contribution in [0.3, 0.4) is 0 Å². The zero-order chi connectivity index (χ0) is 29.7. The van der Waals surface area contributed by atoms with Gasteiger partial charge in [-0.15, -0.1) is 0 Å². The van der Waals surface area contributed by atoms with Crippen molar-refractivity contribution >= 4 is 17.9 Å². The summed E-state index contributed by atoms with van der Waals surface area (Å²) in [7, 11) is 0. The number of amides is 3. The summed E-state index contributed by atoms with van der Waals surface area (Å²) < 4.78 is 5.52. The first-order valence-electron chi connectivity index (χ1n) is 15.6. The molecule has 0 unspecified atom stereocenters. The molecule has 2 aromatic rings. The Morgan fingerprint density at radius 1 is 0.905 bits per heavy atom. The Morgan fingerprint density at radius 2 is 1.52 bits per heavy atom. The zero-order valence-electron chi connectivity index (χ0n) is 25.3. The van der Waals surface area contributed by atoms with Gasteiger partial charge in [-0.25, -0.2) is 14.8 Å². The van der Waals surface area contributed by atoms with Crippen LogP contribution in [0.5, 0.6) is 0 Å². The monoisotopic (exact) mass is 575 g/mol. The zero-order valence-corrected chi connectivity index (χ0v) is 25.3. The fourth-order valence-corrected chi connectivity index (χ4v) is 6.04. The largest absolute Gasteiger partial charge is 0.444 e. The highest BCUT2D eigenvalue weighted by Gasteiger charge is 2.40. The maximum atomic E-state index is 13.6. The van der Waals surface area contributed by atoms with Gasteiger partial charge >= 0.3 is 6.09 Å². The molecule has 1 aromatic heterocycles. The number of hydrogen-bond acceptors (Lipinski definition) is 6. The second-order valence-electron chi connectivity index (χ2n) is 13.1. The van der Waals surface area contributed by atoms with Crippen molar-refractivity contribution in [3.63, 3.8) is 0 Å². The molecule has 1 aromatic carbocycles. The van der Waals surface area contributed by atoms with Crippen LogP contribution in [-0.4, -0.2) is 75.0 Å². The molecular weight excluding hydrogens is 530 g/mol. The highest BCUT2D eigenvalue weighted by atomic mass is 16.6. The van der Waals surface area contributed by atoms with E-state index in [4.69, 9.17) is 4.74 Å². The van der Waals surface area contributed by atoms with Gasteiger partial charge in [-0.2, -0.15) is 0 Å². The molecule has 1 N–H and O–H groups in total. The number of rotatable bonds is 8. The number of likely N-dealkylation sites (tertiary alicyclic amines) is 1. The molecule has 0 atom stereocenters. The minimum absolute atomic E-state index is 0.0469. The van der Waals surface area contributed by atoms with Gasteiger partial charge in [0.05, 0.1) is 12.0 Å². The van der Waals surface area contributed by atoms with E-state index in [9.17, 15) is 14.4 Å². The topological polar surface area (TPSA) is 105 Å². The fraction of sp³-hybridized carbons (Fsp3) is 0.606. The Labute approximate surface area is 249 Å². The van der Waals surface area contributed by atoms with E-state index in [1.165, 1.54) is 32.1 Å². The lowest BCUT2D eigenvalue weighted by Gasteiger charge is -2.39.